The van der Waals surface area contributed by atoms with Crippen molar-refractivity contribution >= 4 is 0 Å². The lowest BCUT2D eigenvalue weighted by Gasteiger charge is -2.41. The summed E-state index contributed by atoms with van der Waals surface area (Å²) in [6, 6.07) is 11.4. The topological polar surface area (TPSA) is 15.3 Å². The van der Waals surface area contributed by atoms with Gasteiger partial charge in [0.05, 0.1) is 0 Å². The first-order valence-electron chi connectivity index (χ1n) is 7.54. The fraction of sp³-hybridized carbons (Fsp3) is 0.647. The molecule has 19 heavy (non-hydrogen) atoms. The number of benzene rings is 1. The van der Waals surface area contributed by atoms with Crippen LogP contribution in [-0.4, -0.2) is 37.6 Å². The smallest absolute Gasteiger partial charge is 0.0245 e. The normalized spacial score (nSPS) is 22.6. The largest absolute Gasteiger partial charge is 0.312 e. The lowest BCUT2D eigenvalue weighted by atomic mass is 9.77. The van der Waals surface area contributed by atoms with Gasteiger partial charge in [-0.25, -0.2) is 0 Å². The number of rotatable bonds is 5. The van der Waals surface area contributed by atoms with Gasteiger partial charge in [-0.3, -0.25) is 0 Å². The fourth-order valence-electron chi connectivity index (χ4n) is 2.95. The van der Waals surface area contributed by atoms with E-state index in [9.17, 15) is 0 Å². The van der Waals surface area contributed by atoms with E-state index in [0.29, 0.717) is 11.5 Å². The van der Waals surface area contributed by atoms with E-state index >= 15 is 0 Å². The first-order valence-corrected chi connectivity index (χ1v) is 7.54. The minimum Gasteiger partial charge on any atom is -0.312 e. The summed E-state index contributed by atoms with van der Waals surface area (Å²) >= 11 is 0. The van der Waals surface area contributed by atoms with Crippen molar-refractivity contribution < 1.29 is 0 Å². The lowest BCUT2D eigenvalue weighted by molar-refractivity contribution is 0.139. The third-order valence-corrected chi connectivity index (χ3v) is 4.45. The number of nitrogens with zero attached hydrogens (tertiary/aromatic N) is 1. The van der Waals surface area contributed by atoms with Crippen molar-refractivity contribution in [2.45, 2.75) is 39.2 Å². The fourth-order valence-corrected chi connectivity index (χ4v) is 2.95. The second kappa shape index (κ2) is 6.53. The molecule has 0 aliphatic carbocycles. The molecule has 1 fully saturated rings. The number of likely N-dealkylation sites (N-methyl/N-ethyl adjacent to an activating group) is 1. The zero-order valence-corrected chi connectivity index (χ0v) is 12.7. The summed E-state index contributed by atoms with van der Waals surface area (Å²) in [6.07, 6.45) is 3.80. The Morgan fingerprint density at radius 3 is 2.68 bits per heavy atom. The van der Waals surface area contributed by atoms with Crippen LogP contribution in [0.4, 0.5) is 0 Å². The summed E-state index contributed by atoms with van der Waals surface area (Å²) in [6.45, 7) is 8.27. The summed E-state index contributed by atoms with van der Waals surface area (Å²) in [5, 5.41) is 3.70. The highest BCUT2D eigenvalue weighted by atomic mass is 15.1. The van der Waals surface area contributed by atoms with Crippen LogP contribution in [-0.2, 0) is 6.42 Å². The molecule has 1 aromatic rings. The predicted molar refractivity (Wildman–Crippen MR) is 82.4 cm³/mol. The molecule has 0 aromatic heterocycles. The number of hydrogen-bond donors (Lipinski definition) is 1. The quantitative estimate of drug-likeness (QED) is 0.875. The van der Waals surface area contributed by atoms with Crippen molar-refractivity contribution in [3.63, 3.8) is 0 Å². The van der Waals surface area contributed by atoms with Gasteiger partial charge in [0.2, 0.25) is 0 Å². The van der Waals surface area contributed by atoms with Gasteiger partial charge >= 0.3 is 0 Å². The number of nitrogens with one attached hydrogen (secondary N) is 1. The van der Waals surface area contributed by atoms with Gasteiger partial charge in [0, 0.05) is 19.1 Å². The molecule has 0 amide bonds. The average molecular weight is 260 g/mol. The van der Waals surface area contributed by atoms with Gasteiger partial charge in [-0.05, 0) is 43.8 Å². The van der Waals surface area contributed by atoms with E-state index in [2.05, 4.69) is 61.4 Å². The molecule has 1 aliphatic rings. The van der Waals surface area contributed by atoms with Gasteiger partial charge in [0.25, 0.3) is 0 Å². The van der Waals surface area contributed by atoms with Gasteiger partial charge in [-0.2, -0.15) is 0 Å². The van der Waals surface area contributed by atoms with E-state index in [-0.39, 0.29) is 0 Å². The van der Waals surface area contributed by atoms with Crippen molar-refractivity contribution in [2.24, 2.45) is 5.41 Å². The maximum absolute atomic E-state index is 3.70. The first kappa shape index (κ1) is 14.5. The third-order valence-electron chi connectivity index (χ3n) is 4.45. The van der Waals surface area contributed by atoms with E-state index in [1.54, 1.807) is 0 Å². The molecule has 1 aromatic carbocycles. The summed E-state index contributed by atoms with van der Waals surface area (Å²) in [4.78, 5) is 2.47. The maximum atomic E-state index is 3.70. The summed E-state index contributed by atoms with van der Waals surface area (Å²) in [5.74, 6) is 0. The first-order chi connectivity index (χ1) is 9.08. The number of hydrogen-bond acceptors (Lipinski definition) is 2. The second-order valence-corrected chi connectivity index (χ2v) is 6.60. The van der Waals surface area contributed by atoms with Crippen molar-refractivity contribution in [3.8, 4) is 0 Å². The molecule has 1 N–H and O–H groups in total. The van der Waals surface area contributed by atoms with E-state index in [1.807, 2.05) is 0 Å². The molecular weight excluding hydrogens is 232 g/mol. The zero-order valence-electron chi connectivity index (χ0n) is 12.7. The summed E-state index contributed by atoms with van der Waals surface area (Å²) in [5.41, 5.74) is 1.87. The third kappa shape index (κ3) is 4.32. The maximum Gasteiger partial charge on any atom is 0.0245 e. The highest BCUT2D eigenvalue weighted by Gasteiger charge is 2.32. The minimum atomic E-state index is 0.430. The minimum absolute atomic E-state index is 0.430. The Hall–Kier alpha value is -0.860. The Morgan fingerprint density at radius 1 is 1.26 bits per heavy atom. The lowest BCUT2D eigenvalue weighted by Crippen LogP contribution is -2.52. The standard InChI is InChI=1S/C17H28N2/c1-17(2)11-7-12-18-16(17)14-19(3)13-10-15-8-5-4-6-9-15/h4-6,8-9,16,18H,7,10-14H2,1-3H3. The molecular formula is C17H28N2. The van der Waals surface area contributed by atoms with E-state index < -0.39 is 0 Å². The SMILES string of the molecule is CN(CCc1ccccc1)CC1NCCCC1(C)C. The van der Waals surface area contributed by atoms with E-state index in [1.165, 1.54) is 24.9 Å². The van der Waals surface area contributed by atoms with Crippen LogP contribution in [0.1, 0.15) is 32.3 Å². The van der Waals surface area contributed by atoms with Gasteiger partial charge in [0.1, 0.15) is 0 Å². The summed E-state index contributed by atoms with van der Waals surface area (Å²) in [7, 11) is 2.25. The Kier molecular flexibility index (Phi) is 5.00. The zero-order chi connectivity index (χ0) is 13.7. The van der Waals surface area contributed by atoms with Gasteiger partial charge in [0.15, 0.2) is 0 Å². The van der Waals surface area contributed by atoms with Crippen LogP contribution in [0.3, 0.4) is 0 Å². The average Bonchev–Trinajstić information content (AvgIpc) is 2.40. The van der Waals surface area contributed by atoms with Crippen molar-refractivity contribution in [1.29, 1.82) is 0 Å². The van der Waals surface area contributed by atoms with Crippen LogP contribution in [0.15, 0.2) is 30.3 Å². The van der Waals surface area contributed by atoms with Crippen LogP contribution >= 0.6 is 0 Å². The van der Waals surface area contributed by atoms with Gasteiger partial charge in [-0.1, -0.05) is 44.2 Å². The van der Waals surface area contributed by atoms with Crippen LogP contribution in [0, 0.1) is 5.41 Å². The Labute approximate surface area is 118 Å². The van der Waals surface area contributed by atoms with Crippen LogP contribution in [0.2, 0.25) is 0 Å². The van der Waals surface area contributed by atoms with Crippen LogP contribution in [0.5, 0.6) is 0 Å². The van der Waals surface area contributed by atoms with Crippen LogP contribution < -0.4 is 5.32 Å². The summed E-state index contributed by atoms with van der Waals surface area (Å²) < 4.78 is 0. The molecule has 1 saturated heterocycles. The van der Waals surface area contributed by atoms with Gasteiger partial charge in [-0.15, -0.1) is 0 Å². The molecule has 2 heteroatoms. The number of piperidine rings is 1. The molecule has 2 nitrogen and oxygen atoms in total. The molecule has 1 aliphatic heterocycles. The highest BCUT2D eigenvalue weighted by Crippen LogP contribution is 2.30. The Balaban J connectivity index is 1.79. The van der Waals surface area contributed by atoms with Gasteiger partial charge < -0.3 is 10.2 Å². The molecule has 0 bridgehead atoms. The van der Waals surface area contributed by atoms with Crippen molar-refractivity contribution in [3.05, 3.63) is 35.9 Å². The molecule has 1 atom stereocenters. The predicted octanol–water partition coefficient (Wildman–Crippen LogP) is 2.94. The Morgan fingerprint density at radius 2 is 2.00 bits per heavy atom. The molecule has 1 unspecified atom stereocenters. The van der Waals surface area contributed by atoms with E-state index in [4.69, 9.17) is 0 Å². The molecule has 0 radical (unpaired) electrons. The van der Waals surface area contributed by atoms with Crippen LogP contribution in [0.25, 0.3) is 0 Å². The van der Waals surface area contributed by atoms with Crippen molar-refractivity contribution in [1.82, 2.24) is 10.2 Å². The van der Waals surface area contributed by atoms with Crippen molar-refractivity contribution in [2.75, 3.05) is 26.7 Å². The molecule has 1 heterocycles. The molecule has 2 rings (SSSR count). The van der Waals surface area contributed by atoms with E-state index in [0.717, 1.165) is 19.5 Å². The molecule has 0 spiro atoms. The Bertz CT molecular complexity index is 372. The monoisotopic (exact) mass is 260 g/mol. The molecule has 106 valence electrons. The highest BCUT2D eigenvalue weighted by molar-refractivity contribution is 5.14. The second-order valence-electron chi connectivity index (χ2n) is 6.60. The molecule has 0 saturated carbocycles.